The fourth-order valence-electron chi connectivity index (χ4n) is 3.00. The molecule has 1 aromatic rings. The van der Waals surface area contributed by atoms with E-state index in [4.69, 9.17) is 11.1 Å². The van der Waals surface area contributed by atoms with Crippen LogP contribution in [0.3, 0.4) is 0 Å². The van der Waals surface area contributed by atoms with Crippen molar-refractivity contribution in [2.45, 2.75) is 24.8 Å². The SMILES string of the molecule is CN1CCCC(N(C)CC(C(=N)N)c2ccccc2)C1. The Balaban J connectivity index is 2.03. The first-order chi connectivity index (χ1) is 9.58. The van der Waals surface area contributed by atoms with Crippen molar-refractivity contribution >= 4 is 5.84 Å². The van der Waals surface area contributed by atoms with Crippen molar-refractivity contribution in [2.24, 2.45) is 5.73 Å². The van der Waals surface area contributed by atoms with Crippen molar-refractivity contribution < 1.29 is 0 Å². The Morgan fingerprint density at radius 1 is 1.45 bits per heavy atom. The number of likely N-dealkylation sites (tertiary alicyclic amines) is 1. The largest absolute Gasteiger partial charge is 0.387 e. The van der Waals surface area contributed by atoms with Crippen LogP contribution in [0.15, 0.2) is 30.3 Å². The van der Waals surface area contributed by atoms with Crippen LogP contribution in [0.2, 0.25) is 0 Å². The molecule has 0 aliphatic carbocycles. The van der Waals surface area contributed by atoms with Crippen LogP contribution in [0.1, 0.15) is 24.3 Å². The van der Waals surface area contributed by atoms with Gasteiger partial charge >= 0.3 is 0 Å². The van der Waals surface area contributed by atoms with Crippen molar-refractivity contribution in [3.05, 3.63) is 35.9 Å². The van der Waals surface area contributed by atoms with Gasteiger partial charge in [0.2, 0.25) is 0 Å². The van der Waals surface area contributed by atoms with Crippen LogP contribution in [0, 0.1) is 5.41 Å². The zero-order valence-electron chi connectivity index (χ0n) is 12.5. The standard InChI is InChI=1S/C16H26N4/c1-19-10-6-9-14(11-19)20(2)12-15(16(17)18)13-7-4-3-5-8-13/h3-5,7-8,14-15H,6,9-12H2,1-2H3,(H3,17,18). The number of rotatable bonds is 5. The first-order valence-electron chi connectivity index (χ1n) is 7.35. The summed E-state index contributed by atoms with van der Waals surface area (Å²) in [7, 11) is 4.34. The van der Waals surface area contributed by atoms with Gasteiger partial charge in [0.1, 0.15) is 0 Å². The molecule has 20 heavy (non-hydrogen) atoms. The number of nitrogens with zero attached hydrogens (tertiary/aromatic N) is 2. The molecule has 0 saturated carbocycles. The Bertz CT molecular complexity index is 431. The molecule has 1 aromatic carbocycles. The summed E-state index contributed by atoms with van der Waals surface area (Å²) in [6.45, 7) is 3.12. The number of benzene rings is 1. The number of likely N-dealkylation sites (N-methyl/N-ethyl adjacent to an activating group) is 2. The van der Waals surface area contributed by atoms with E-state index in [1.165, 1.54) is 19.4 Å². The number of nitrogens with one attached hydrogen (secondary N) is 1. The zero-order valence-corrected chi connectivity index (χ0v) is 12.5. The molecule has 1 aliphatic rings. The van der Waals surface area contributed by atoms with Crippen molar-refractivity contribution in [1.82, 2.24) is 9.80 Å². The van der Waals surface area contributed by atoms with Gasteiger partial charge in [-0.2, -0.15) is 0 Å². The van der Waals surface area contributed by atoms with Gasteiger partial charge in [0.25, 0.3) is 0 Å². The third-order valence-electron chi connectivity index (χ3n) is 4.27. The molecular weight excluding hydrogens is 248 g/mol. The summed E-state index contributed by atoms with van der Waals surface area (Å²) in [5.41, 5.74) is 6.96. The van der Waals surface area contributed by atoms with Crippen LogP contribution in [-0.4, -0.2) is 55.4 Å². The average Bonchev–Trinajstić information content (AvgIpc) is 2.45. The van der Waals surface area contributed by atoms with Crippen LogP contribution in [0.25, 0.3) is 0 Å². The van der Waals surface area contributed by atoms with Crippen molar-refractivity contribution in [3.8, 4) is 0 Å². The molecule has 0 spiro atoms. The molecule has 2 atom stereocenters. The Kier molecular flexibility index (Phi) is 5.15. The van der Waals surface area contributed by atoms with Crippen molar-refractivity contribution in [1.29, 1.82) is 5.41 Å². The highest BCUT2D eigenvalue weighted by Gasteiger charge is 2.24. The second-order valence-corrected chi connectivity index (χ2v) is 5.92. The highest BCUT2D eigenvalue weighted by Crippen LogP contribution is 2.20. The molecule has 2 rings (SSSR count). The topological polar surface area (TPSA) is 56.4 Å². The third kappa shape index (κ3) is 3.81. The van der Waals surface area contributed by atoms with Gasteiger partial charge in [-0.25, -0.2) is 0 Å². The number of hydrogen-bond donors (Lipinski definition) is 2. The fraction of sp³-hybridized carbons (Fsp3) is 0.562. The maximum absolute atomic E-state index is 7.88. The Labute approximate surface area is 122 Å². The molecule has 0 amide bonds. The molecule has 1 saturated heterocycles. The lowest BCUT2D eigenvalue weighted by Gasteiger charge is -2.37. The van der Waals surface area contributed by atoms with E-state index in [9.17, 15) is 0 Å². The van der Waals surface area contributed by atoms with Crippen molar-refractivity contribution in [3.63, 3.8) is 0 Å². The fourth-order valence-corrected chi connectivity index (χ4v) is 3.00. The maximum atomic E-state index is 7.88. The molecule has 0 radical (unpaired) electrons. The Morgan fingerprint density at radius 2 is 2.15 bits per heavy atom. The van der Waals surface area contributed by atoms with Gasteiger partial charge in [-0.15, -0.1) is 0 Å². The molecule has 1 heterocycles. The van der Waals surface area contributed by atoms with E-state index in [0.29, 0.717) is 6.04 Å². The minimum atomic E-state index is -0.00608. The highest BCUT2D eigenvalue weighted by molar-refractivity contribution is 5.84. The van der Waals surface area contributed by atoms with Gasteiger partial charge < -0.3 is 15.5 Å². The number of nitrogens with two attached hydrogens (primary N) is 1. The molecule has 1 aliphatic heterocycles. The Hall–Kier alpha value is -1.39. The van der Waals surface area contributed by atoms with Gasteiger partial charge in [-0.05, 0) is 39.0 Å². The molecule has 4 nitrogen and oxygen atoms in total. The number of amidine groups is 1. The van der Waals surface area contributed by atoms with Gasteiger partial charge in [-0.1, -0.05) is 30.3 Å². The van der Waals surface area contributed by atoms with Crippen LogP contribution in [0.4, 0.5) is 0 Å². The smallest absolute Gasteiger partial charge is 0.0995 e. The van der Waals surface area contributed by atoms with Crippen LogP contribution < -0.4 is 5.73 Å². The van der Waals surface area contributed by atoms with Gasteiger partial charge in [0.15, 0.2) is 0 Å². The normalized spacial score (nSPS) is 21.9. The average molecular weight is 274 g/mol. The number of hydrogen-bond acceptors (Lipinski definition) is 3. The van der Waals surface area contributed by atoms with Gasteiger partial charge in [-0.3, -0.25) is 5.41 Å². The minimum Gasteiger partial charge on any atom is -0.387 e. The van der Waals surface area contributed by atoms with Crippen LogP contribution in [-0.2, 0) is 0 Å². The van der Waals surface area contributed by atoms with E-state index in [1.54, 1.807) is 0 Å². The van der Waals surface area contributed by atoms with Gasteiger partial charge in [0, 0.05) is 19.1 Å². The molecule has 2 unspecified atom stereocenters. The molecule has 1 fully saturated rings. The van der Waals surface area contributed by atoms with E-state index in [2.05, 4.69) is 36.0 Å². The van der Waals surface area contributed by atoms with E-state index in [1.807, 2.05) is 18.2 Å². The summed E-state index contributed by atoms with van der Waals surface area (Å²) in [6.07, 6.45) is 2.49. The first-order valence-corrected chi connectivity index (χ1v) is 7.35. The molecule has 0 bridgehead atoms. The van der Waals surface area contributed by atoms with E-state index < -0.39 is 0 Å². The summed E-state index contributed by atoms with van der Waals surface area (Å²) >= 11 is 0. The molecule has 4 heteroatoms. The summed E-state index contributed by atoms with van der Waals surface area (Å²) < 4.78 is 0. The predicted octanol–water partition coefficient (Wildman–Crippen LogP) is 1.73. The minimum absolute atomic E-state index is 0.00608. The monoisotopic (exact) mass is 274 g/mol. The van der Waals surface area contributed by atoms with Crippen LogP contribution in [0.5, 0.6) is 0 Å². The zero-order chi connectivity index (χ0) is 14.5. The van der Waals surface area contributed by atoms with Crippen LogP contribution >= 0.6 is 0 Å². The maximum Gasteiger partial charge on any atom is 0.0995 e. The summed E-state index contributed by atoms with van der Waals surface area (Å²) in [6, 6.07) is 10.7. The summed E-state index contributed by atoms with van der Waals surface area (Å²) in [5.74, 6) is 0.251. The van der Waals surface area contributed by atoms with Gasteiger partial charge in [0.05, 0.1) is 11.8 Å². The second-order valence-electron chi connectivity index (χ2n) is 5.92. The molecule has 110 valence electrons. The lowest BCUT2D eigenvalue weighted by molar-refractivity contribution is 0.133. The molecule has 0 aromatic heterocycles. The second kappa shape index (κ2) is 6.86. The summed E-state index contributed by atoms with van der Waals surface area (Å²) in [4.78, 5) is 4.75. The lowest BCUT2D eigenvalue weighted by Crippen LogP contribution is -2.47. The number of piperidine rings is 1. The summed E-state index contributed by atoms with van der Waals surface area (Å²) in [5, 5.41) is 7.88. The van der Waals surface area contributed by atoms with E-state index in [0.717, 1.165) is 18.7 Å². The Morgan fingerprint density at radius 3 is 2.75 bits per heavy atom. The molecular formula is C16H26N4. The molecule has 3 N–H and O–H groups in total. The lowest BCUT2D eigenvalue weighted by atomic mass is 9.96. The quantitative estimate of drug-likeness (QED) is 0.635. The third-order valence-corrected chi connectivity index (χ3v) is 4.27. The van der Waals surface area contributed by atoms with E-state index >= 15 is 0 Å². The predicted molar refractivity (Wildman–Crippen MR) is 84.2 cm³/mol. The highest BCUT2D eigenvalue weighted by atomic mass is 15.2. The van der Waals surface area contributed by atoms with Crippen molar-refractivity contribution in [2.75, 3.05) is 33.7 Å². The van der Waals surface area contributed by atoms with E-state index in [-0.39, 0.29) is 11.8 Å². The first kappa shape index (κ1) is 15.0.